The maximum absolute atomic E-state index is 12.1. The van der Waals surface area contributed by atoms with Gasteiger partial charge in [0.2, 0.25) is 5.88 Å². The van der Waals surface area contributed by atoms with Gasteiger partial charge in [0.05, 0.1) is 25.3 Å². The highest BCUT2D eigenvalue weighted by atomic mass is 32.1. The number of ether oxygens (including phenoxy) is 2. The van der Waals surface area contributed by atoms with Crippen LogP contribution in [0.1, 0.15) is 89.0 Å². The van der Waals surface area contributed by atoms with E-state index in [2.05, 4.69) is 19.9 Å². The predicted molar refractivity (Wildman–Crippen MR) is 130 cm³/mol. The summed E-state index contributed by atoms with van der Waals surface area (Å²) < 4.78 is 11.0. The molecule has 0 aromatic carbocycles. The zero-order valence-electron chi connectivity index (χ0n) is 20.5. The fourth-order valence-electron chi connectivity index (χ4n) is 8.11. The van der Waals surface area contributed by atoms with E-state index in [-0.39, 0.29) is 30.3 Å². The topological polar surface area (TPSA) is 85.7 Å². The van der Waals surface area contributed by atoms with Gasteiger partial charge in [0, 0.05) is 12.3 Å². The van der Waals surface area contributed by atoms with Gasteiger partial charge < -0.3 is 14.6 Å². The zero-order valence-corrected chi connectivity index (χ0v) is 21.4. The van der Waals surface area contributed by atoms with Gasteiger partial charge in [0.25, 0.3) is 0 Å². The zero-order chi connectivity index (χ0) is 24.1. The van der Waals surface area contributed by atoms with E-state index in [1.165, 1.54) is 36.3 Å². The summed E-state index contributed by atoms with van der Waals surface area (Å²) >= 11 is 1.76. The minimum atomic E-state index is -0.957. The minimum absolute atomic E-state index is 0.0424. The molecule has 6 nitrogen and oxygen atoms in total. The minimum Gasteiger partial charge on any atom is -0.481 e. The average Bonchev–Trinajstić information content (AvgIpc) is 3.41. The Morgan fingerprint density at radius 1 is 1.15 bits per heavy atom. The molecule has 1 aromatic heterocycles. The maximum Gasteiger partial charge on any atom is 0.306 e. The van der Waals surface area contributed by atoms with Crippen LogP contribution >= 0.6 is 11.3 Å². The van der Waals surface area contributed by atoms with E-state index in [1.807, 2.05) is 5.38 Å². The van der Waals surface area contributed by atoms with Gasteiger partial charge in [0.15, 0.2) is 0 Å². The first-order valence-electron chi connectivity index (χ1n) is 12.8. The molecule has 0 bridgehead atoms. The smallest absolute Gasteiger partial charge is 0.306 e. The van der Waals surface area contributed by atoms with Gasteiger partial charge >= 0.3 is 11.9 Å². The highest BCUT2D eigenvalue weighted by Crippen LogP contribution is 2.68. The van der Waals surface area contributed by atoms with Crippen molar-refractivity contribution in [1.82, 2.24) is 4.98 Å². The lowest BCUT2D eigenvalue weighted by Gasteiger charge is -2.58. The van der Waals surface area contributed by atoms with Crippen LogP contribution in [0.4, 0.5) is 0 Å². The van der Waals surface area contributed by atoms with Gasteiger partial charge in [0.1, 0.15) is 11.1 Å². The number of carboxylic acids is 1. The molecule has 4 aliphatic carbocycles. The van der Waals surface area contributed by atoms with Crippen molar-refractivity contribution in [3.63, 3.8) is 0 Å². The molecule has 34 heavy (non-hydrogen) atoms. The van der Waals surface area contributed by atoms with Crippen LogP contribution in [0.15, 0.2) is 17.0 Å². The van der Waals surface area contributed by atoms with Crippen molar-refractivity contribution >= 4 is 23.3 Å². The summed E-state index contributed by atoms with van der Waals surface area (Å²) in [6.07, 6.45) is 11.0. The van der Waals surface area contributed by atoms with Crippen molar-refractivity contribution in [2.75, 3.05) is 7.11 Å². The molecule has 186 valence electrons. The lowest BCUT2D eigenvalue weighted by molar-refractivity contribution is -0.154. The molecule has 0 aliphatic heterocycles. The summed E-state index contributed by atoms with van der Waals surface area (Å²) in [5.74, 6) is 2.08. The maximum atomic E-state index is 12.1. The van der Waals surface area contributed by atoms with Gasteiger partial charge in [-0.05, 0) is 73.5 Å². The Morgan fingerprint density at radius 3 is 2.71 bits per heavy atom. The molecule has 0 radical (unpaired) electrons. The van der Waals surface area contributed by atoms with E-state index in [9.17, 15) is 9.59 Å². The van der Waals surface area contributed by atoms with Crippen molar-refractivity contribution in [1.29, 1.82) is 0 Å². The third kappa shape index (κ3) is 3.98. The lowest BCUT2D eigenvalue weighted by Crippen LogP contribution is -2.50. The van der Waals surface area contributed by atoms with Crippen molar-refractivity contribution in [2.24, 2.45) is 28.6 Å². The molecule has 7 atom stereocenters. The van der Waals surface area contributed by atoms with Crippen LogP contribution in [0.3, 0.4) is 0 Å². The normalized spacial score (nSPS) is 38.8. The number of thiazole rings is 1. The quantitative estimate of drug-likeness (QED) is 0.393. The van der Waals surface area contributed by atoms with Crippen LogP contribution in [0, 0.1) is 28.6 Å². The molecule has 0 amide bonds. The van der Waals surface area contributed by atoms with Gasteiger partial charge in [-0.15, -0.1) is 11.3 Å². The SMILES string of the molecule is COc1csc(C2CCC3C4CC=C5CC(OC(=O)CCC(=O)O)CCC5(C)C4CCC23C)n1. The van der Waals surface area contributed by atoms with Crippen LogP contribution in [0.2, 0.25) is 0 Å². The van der Waals surface area contributed by atoms with Gasteiger partial charge in [-0.2, -0.15) is 0 Å². The van der Waals surface area contributed by atoms with Crippen molar-refractivity contribution in [3.05, 3.63) is 22.0 Å². The van der Waals surface area contributed by atoms with Crippen LogP contribution in [-0.2, 0) is 14.3 Å². The fraction of sp³-hybridized carbons (Fsp3) is 0.741. The fourth-order valence-corrected chi connectivity index (χ4v) is 9.18. The Labute approximate surface area is 206 Å². The third-order valence-electron chi connectivity index (χ3n) is 9.91. The Hall–Kier alpha value is -1.89. The van der Waals surface area contributed by atoms with E-state index in [0.717, 1.165) is 37.5 Å². The van der Waals surface area contributed by atoms with Crippen molar-refractivity contribution in [2.45, 2.75) is 90.1 Å². The molecule has 5 rings (SSSR count). The molecule has 1 aromatic rings. The van der Waals surface area contributed by atoms with Gasteiger partial charge in [-0.3, -0.25) is 9.59 Å². The number of methoxy groups -OCH3 is 1. The highest BCUT2D eigenvalue weighted by Gasteiger charge is 2.59. The number of rotatable bonds is 6. The summed E-state index contributed by atoms with van der Waals surface area (Å²) in [6, 6.07) is 0. The number of aliphatic carboxylic acids is 1. The average molecular weight is 488 g/mol. The highest BCUT2D eigenvalue weighted by molar-refractivity contribution is 7.09. The largest absolute Gasteiger partial charge is 0.481 e. The number of hydrogen-bond acceptors (Lipinski definition) is 6. The molecule has 0 spiro atoms. The molecule has 1 N–H and O–H groups in total. The summed E-state index contributed by atoms with van der Waals surface area (Å²) in [4.78, 5) is 27.6. The number of carbonyl (C=O) groups is 2. The number of carboxylic acid groups (broad SMARTS) is 1. The molecular weight excluding hydrogens is 450 g/mol. The van der Waals surface area contributed by atoms with Gasteiger partial charge in [-0.25, -0.2) is 4.98 Å². The van der Waals surface area contributed by atoms with Crippen LogP contribution in [0.5, 0.6) is 5.88 Å². The van der Waals surface area contributed by atoms with E-state index in [4.69, 9.17) is 19.6 Å². The standard InChI is InChI=1S/C27H37NO5S/c1-26-12-10-17(33-24(31)9-8-23(29)30)14-16(26)4-5-18-19-6-7-21(25-28-22(32-3)15-34-25)27(19,2)13-11-20(18)26/h4,15,17-21H,5-14H2,1-3H3,(H,29,30). The van der Waals surface area contributed by atoms with Crippen molar-refractivity contribution in [3.8, 4) is 5.88 Å². The van der Waals surface area contributed by atoms with E-state index < -0.39 is 5.97 Å². The number of carbonyl (C=O) groups excluding carboxylic acids is 1. The Balaban J connectivity index is 1.29. The van der Waals surface area contributed by atoms with Gasteiger partial charge in [-0.1, -0.05) is 25.5 Å². The van der Waals surface area contributed by atoms with E-state index in [1.54, 1.807) is 18.4 Å². The summed E-state index contributed by atoms with van der Waals surface area (Å²) in [5, 5.41) is 12.1. The second kappa shape index (κ2) is 8.96. The molecule has 3 fully saturated rings. The third-order valence-corrected chi connectivity index (χ3v) is 10.8. The number of esters is 1. The van der Waals surface area contributed by atoms with Crippen LogP contribution in [0.25, 0.3) is 0 Å². The molecule has 4 aliphatic rings. The van der Waals surface area contributed by atoms with Crippen molar-refractivity contribution < 1.29 is 24.2 Å². The number of fused-ring (bicyclic) bond motifs is 5. The lowest BCUT2D eigenvalue weighted by atomic mass is 9.47. The molecule has 7 heteroatoms. The molecule has 3 saturated carbocycles. The first-order valence-corrected chi connectivity index (χ1v) is 13.7. The van der Waals surface area contributed by atoms with E-state index in [0.29, 0.717) is 23.2 Å². The first kappa shape index (κ1) is 23.8. The number of allylic oxidation sites excluding steroid dienone is 1. The Kier molecular flexibility index (Phi) is 6.28. The Morgan fingerprint density at radius 2 is 1.97 bits per heavy atom. The first-order chi connectivity index (χ1) is 16.2. The summed E-state index contributed by atoms with van der Waals surface area (Å²) in [7, 11) is 1.70. The van der Waals surface area contributed by atoms with E-state index >= 15 is 0 Å². The second-order valence-corrected chi connectivity index (χ2v) is 12.3. The molecule has 1 heterocycles. The molecular formula is C27H37NO5S. The number of nitrogens with zero attached hydrogens (tertiary/aromatic N) is 1. The second-order valence-electron chi connectivity index (χ2n) is 11.4. The summed E-state index contributed by atoms with van der Waals surface area (Å²) in [5.41, 5.74) is 1.97. The monoisotopic (exact) mass is 487 g/mol. The van der Waals surface area contributed by atoms with Crippen LogP contribution < -0.4 is 4.74 Å². The molecule has 7 unspecified atom stereocenters. The Bertz CT molecular complexity index is 987. The summed E-state index contributed by atoms with van der Waals surface area (Å²) in [6.45, 7) is 4.98. The predicted octanol–water partition coefficient (Wildman–Crippen LogP) is 5.97. The molecule has 0 saturated heterocycles. The number of aromatic nitrogens is 1. The number of hydrogen-bond donors (Lipinski definition) is 1. The van der Waals surface area contributed by atoms with Crippen LogP contribution in [-0.4, -0.2) is 35.2 Å².